The zero-order valence-electron chi connectivity index (χ0n) is 14.0. The number of para-hydroxylation sites is 2. The van der Waals surface area contributed by atoms with Crippen molar-refractivity contribution in [3.63, 3.8) is 0 Å². The van der Waals surface area contributed by atoms with Crippen LogP contribution in [0.2, 0.25) is 0 Å². The molecule has 1 amide bonds. The van der Waals surface area contributed by atoms with Gasteiger partial charge in [-0.25, -0.2) is 4.52 Å². The first-order valence-corrected chi connectivity index (χ1v) is 8.33. The fourth-order valence-electron chi connectivity index (χ4n) is 2.70. The van der Waals surface area contributed by atoms with Gasteiger partial charge in [0.2, 0.25) is 0 Å². The van der Waals surface area contributed by atoms with Crippen LogP contribution in [0.25, 0.3) is 5.52 Å². The van der Waals surface area contributed by atoms with E-state index in [1.165, 1.54) is 0 Å². The zero-order valence-corrected chi connectivity index (χ0v) is 14.0. The highest BCUT2D eigenvalue weighted by atomic mass is 16.5. The Morgan fingerprint density at radius 1 is 0.962 bits per heavy atom. The normalized spacial score (nSPS) is 10.6. The van der Waals surface area contributed by atoms with Crippen molar-refractivity contribution < 1.29 is 9.53 Å². The molecule has 2 aromatic carbocycles. The first kappa shape index (κ1) is 15.9. The Balaban J connectivity index is 1.49. The third-order valence-corrected chi connectivity index (χ3v) is 3.95. The second-order valence-corrected chi connectivity index (χ2v) is 5.80. The van der Waals surface area contributed by atoms with Crippen LogP contribution in [0.5, 0.6) is 11.5 Å². The molecule has 0 radical (unpaired) electrons. The van der Waals surface area contributed by atoms with Gasteiger partial charge in [-0.1, -0.05) is 36.4 Å². The van der Waals surface area contributed by atoms with E-state index in [2.05, 4.69) is 10.4 Å². The number of carbonyl (C=O) groups is 1. The van der Waals surface area contributed by atoms with Gasteiger partial charge in [0.05, 0.1) is 23.3 Å². The SMILES string of the molecule is O=C(NCc1cc2ccccn2n1)c1ccccc1Oc1ccccc1. The summed E-state index contributed by atoms with van der Waals surface area (Å²) in [6, 6.07) is 24.4. The van der Waals surface area contributed by atoms with Gasteiger partial charge in [0.15, 0.2) is 0 Å². The molecule has 0 spiro atoms. The van der Waals surface area contributed by atoms with Crippen molar-refractivity contribution >= 4 is 11.4 Å². The molecule has 0 saturated heterocycles. The smallest absolute Gasteiger partial charge is 0.255 e. The summed E-state index contributed by atoms with van der Waals surface area (Å²) >= 11 is 0. The van der Waals surface area contributed by atoms with E-state index in [1.807, 2.05) is 72.9 Å². The van der Waals surface area contributed by atoms with E-state index in [0.717, 1.165) is 11.2 Å². The van der Waals surface area contributed by atoms with Crippen molar-refractivity contribution in [3.05, 3.63) is 96.3 Å². The van der Waals surface area contributed by atoms with Gasteiger partial charge in [-0.2, -0.15) is 5.10 Å². The molecule has 0 unspecified atom stereocenters. The predicted octanol–water partition coefficient (Wildman–Crippen LogP) is 4.06. The molecule has 128 valence electrons. The monoisotopic (exact) mass is 343 g/mol. The Morgan fingerprint density at radius 2 is 1.73 bits per heavy atom. The second-order valence-electron chi connectivity index (χ2n) is 5.80. The molecule has 5 nitrogen and oxygen atoms in total. The first-order chi connectivity index (χ1) is 12.8. The van der Waals surface area contributed by atoms with Crippen molar-refractivity contribution in [3.8, 4) is 11.5 Å². The molecule has 0 aliphatic heterocycles. The number of hydrogen-bond acceptors (Lipinski definition) is 3. The van der Waals surface area contributed by atoms with Crippen LogP contribution in [-0.4, -0.2) is 15.5 Å². The summed E-state index contributed by atoms with van der Waals surface area (Å²) in [6.45, 7) is 0.347. The average Bonchev–Trinajstić information content (AvgIpc) is 3.10. The lowest BCUT2D eigenvalue weighted by Gasteiger charge is -2.11. The van der Waals surface area contributed by atoms with E-state index < -0.39 is 0 Å². The van der Waals surface area contributed by atoms with Gasteiger partial charge in [0.25, 0.3) is 5.91 Å². The highest BCUT2D eigenvalue weighted by Crippen LogP contribution is 2.25. The molecule has 0 bridgehead atoms. The fourth-order valence-corrected chi connectivity index (χ4v) is 2.70. The third kappa shape index (κ3) is 3.42. The topological polar surface area (TPSA) is 55.6 Å². The van der Waals surface area contributed by atoms with Gasteiger partial charge in [-0.15, -0.1) is 0 Å². The summed E-state index contributed by atoms with van der Waals surface area (Å²) in [5.74, 6) is 1.01. The Kier molecular flexibility index (Phi) is 4.35. The number of benzene rings is 2. The molecular weight excluding hydrogens is 326 g/mol. The van der Waals surface area contributed by atoms with Crippen LogP contribution in [0.3, 0.4) is 0 Å². The molecule has 0 aliphatic rings. The molecule has 1 N–H and O–H groups in total. The van der Waals surface area contributed by atoms with E-state index in [9.17, 15) is 4.79 Å². The van der Waals surface area contributed by atoms with E-state index in [-0.39, 0.29) is 5.91 Å². The Hall–Kier alpha value is -3.60. The minimum absolute atomic E-state index is 0.200. The summed E-state index contributed by atoms with van der Waals surface area (Å²) in [7, 11) is 0. The summed E-state index contributed by atoms with van der Waals surface area (Å²) in [5, 5.41) is 7.35. The minimum atomic E-state index is -0.200. The molecule has 5 heteroatoms. The summed E-state index contributed by atoms with van der Waals surface area (Å²) < 4.78 is 7.64. The lowest BCUT2D eigenvalue weighted by molar-refractivity contribution is 0.0948. The van der Waals surface area contributed by atoms with Crippen LogP contribution in [-0.2, 0) is 6.54 Å². The molecule has 0 atom stereocenters. The van der Waals surface area contributed by atoms with Crippen LogP contribution in [0.1, 0.15) is 16.1 Å². The molecule has 4 aromatic rings. The number of amides is 1. The molecule has 2 aromatic heterocycles. The van der Waals surface area contributed by atoms with Crippen molar-refractivity contribution in [2.24, 2.45) is 0 Å². The number of carbonyl (C=O) groups excluding carboxylic acids is 1. The second kappa shape index (κ2) is 7.11. The van der Waals surface area contributed by atoms with Crippen molar-refractivity contribution in [2.75, 3.05) is 0 Å². The van der Waals surface area contributed by atoms with Gasteiger partial charge in [-0.3, -0.25) is 4.79 Å². The number of ether oxygens (including phenoxy) is 1. The summed E-state index contributed by atoms with van der Waals surface area (Å²) in [5.41, 5.74) is 2.27. The van der Waals surface area contributed by atoms with E-state index in [0.29, 0.717) is 23.6 Å². The quantitative estimate of drug-likeness (QED) is 0.595. The lowest BCUT2D eigenvalue weighted by atomic mass is 10.2. The molecule has 4 rings (SSSR count). The maximum absolute atomic E-state index is 12.6. The predicted molar refractivity (Wildman–Crippen MR) is 99.3 cm³/mol. The van der Waals surface area contributed by atoms with Gasteiger partial charge in [0, 0.05) is 6.20 Å². The highest BCUT2D eigenvalue weighted by Gasteiger charge is 2.13. The zero-order chi connectivity index (χ0) is 17.8. The summed E-state index contributed by atoms with van der Waals surface area (Å²) in [6.07, 6.45) is 1.88. The van der Waals surface area contributed by atoms with Crippen molar-refractivity contribution in [2.45, 2.75) is 6.54 Å². The number of pyridine rings is 1. The maximum atomic E-state index is 12.6. The molecule has 2 heterocycles. The maximum Gasteiger partial charge on any atom is 0.255 e. The lowest BCUT2D eigenvalue weighted by Crippen LogP contribution is -2.23. The van der Waals surface area contributed by atoms with Gasteiger partial charge < -0.3 is 10.1 Å². The number of rotatable bonds is 5. The minimum Gasteiger partial charge on any atom is -0.457 e. The first-order valence-electron chi connectivity index (χ1n) is 8.33. The molecule has 0 aliphatic carbocycles. The molecule has 0 fully saturated rings. The summed E-state index contributed by atoms with van der Waals surface area (Å²) in [4.78, 5) is 12.6. The van der Waals surface area contributed by atoms with E-state index in [1.54, 1.807) is 16.6 Å². The standard InChI is InChI=1S/C21H17N3O2/c25-21(22-15-16-14-17-8-6-7-13-24(17)23-16)19-11-4-5-12-20(19)26-18-9-2-1-3-10-18/h1-14H,15H2,(H,22,25). The van der Waals surface area contributed by atoms with Gasteiger partial charge in [-0.05, 0) is 42.5 Å². The highest BCUT2D eigenvalue weighted by molar-refractivity contribution is 5.96. The Morgan fingerprint density at radius 3 is 2.58 bits per heavy atom. The van der Waals surface area contributed by atoms with Crippen molar-refractivity contribution in [1.29, 1.82) is 0 Å². The molecular formula is C21H17N3O2. The average molecular weight is 343 g/mol. The largest absolute Gasteiger partial charge is 0.457 e. The van der Waals surface area contributed by atoms with Crippen LogP contribution in [0.4, 0.5) is 0 Å². The number of nitrogens with one attached hydrogen (secondary N) is 1. The van der Waals surface area contributed by atoms with E-state index >= 15 is 0 Å². The Bertz CT molecular complexity index is 1010. The number of fused-ring (bicyclic) bond motifs is 1. The van der Waals surface area contributed by atoms with Crippen LogP contribution >= 0.6 is 0 Å². The fraction of sp³-hybridized carbons (Fsp3) is 0.0476. The number of aromatic nitrogens is 2. The van der Waals surface area contributed by atoms with Crippen LogP contribution in [0, 0.1) is 0 Å². The van der Waals surface area contributed by atoms with Gasteiger partial charge >= 0.3 is 0 Å². The van der Waals surface area contributed by atoms with Crippen molar-refractivity contribution in [1.82, 2.24) is 14.9 Å². The van der Waals surface area contributed by atoms with Crippen LogP contribution in [0.15, 0.2) is 85.1 Å². The third-order valence-electron chi connectivity index (χ3n) is 3.95. The number of hydrogen-bond donors (Lipinski definition) is 1. The van der Waals surface area contributed by atoms with Gasteiger partial charge in [0.1, 0.15) is 11.5 Å². The molecule has 0 saturated carbocycles. The molecule has 26 heavy (non-hydrogen) atoms. The number of nitrogens with zero attached hydrogens (tertiary/aromatic N) is 2. The van der Waals surface area contributed by atoms with Crippen LogP contribution < -0.4 is 10.1 Å². The Labute approximate surface area is 150 Å². The van der Waals surface area contributed by atoms with E-state index in [4.69, 9.17) is 4.74 Å².